The smallest absolute Gasteiger partial charge is 0.405 e. The SMILES string of the molecule is CCC1(C(=O)O)C(c2ccc(NCC(F)(F)F)nc2)C1c1ccccc1F. The van der Waals surface area contributed by atoms with Crippen LogP contribution in [0.4, 0.5) is 23.4 Å². The first-order chi connectivity index (χ1) is 12.7. The second kappa shape index (κ2) is 6.83. The topological polar surface area (TPSA) is 62.2 Å². The number of aromatic nitrogens is 1. The number of hydrogen-bond acceptors (Lipinski definition) is 3. The first kappa shape index (κ1) is 19.1. The lowest BCUT2D eigenvalue weighted by Crippen LogP contribution is -2.21. The highest BCUT2D eigenvalue weighted by Crippen LogP contribution is 2.72. The van der Waals surface area contributed by atoms with Crippen molar-refractivity contribution >= 4 is 11.8 Å². The molecule has 1 aromatic carbocycles. The Kier molecular flexibility index (Phi) is 4.84. The zero-order chi connectivity index (χ0) is 19.8. The predicted molar refractivity (Wildman–Crippen MR) is 91.0 cm³/mol. The van der Waals surface area contributed by atoms with Crippen molar-refractivity contribution in [3.05, 3.63) is 59.5 Å². The molecule has 2 aromatic rings. The third kappa shape index (κ3) is 3.48. The van der Waals surface area contributed by atoms with Crippen LogP contribution in [0.3, 0.4) is 0 Å². The lowest BCUT2D eigenvalue weighted by molar-refractivity contribution is -0.144. The summed E-state index contributed by atoms with van der Waals surface area (Å²) in [5, 5.41) is 12.0. The Morgan fingerprint density at radius 2 is 1.93 bits per heavy atom. The summed E-state index contributed by atoms with van der Waals surface area (Å²) < 4.78 is 51.1. The maximum absolute atomic E-state index is 14.3. The first-order valence-electron chi connectivity index (χ1n) is 8.45. The molecule has 3 atom stereocenters. The molecule has 1 saturated carbocycles. The molecule has 4 nitrogen and oxygen atoms in total. The van der Waals surface area contributed by atoms with E-state index in [0.717, 1.165) is 0 Å². The van der Waals surface area contributed by atoms with Crippen molar-refractivity contribution in [1.82, 2.24) is 4.98 Å². The fraction of sp³-hybridized carbons (Fsp3) is 0.368. The van der Waals surface area contributed by atoms with Gasteiger partial charge in [0.25, 0.3) is 0 Å². The van der Waals surface area contributed by atoms with Gasteiger partial charge in [0.1, 0.15) is 18.2 Å². The summed E-state index contributed by atoms with van der Waals surface area (Å²) >= 11 is 0. The predicted octanol–water partition coefficient (Wildman–Crippen LogP) is 4.56. The van der Waals surface area contributed by atoms with Crippen LogP contribution in [0.2, 0.25) is 0 Å². The average Bonchev–Trinajstić information content (AvgIpc) is 3.30. The quantitative estimate of drug-likeness (QED) is 0.719. The minimum Gasteiger partial charge on any atom is -0.481 e. The second-order valence-electron chi connectivity index (χ2n) is 6.62. The third-order valence-electron chi connectivity index (χ3n) is 5.17. The number of aliphatic carboxylic acids is 1. The Morgan fingerprint density at radius 1 is 1.22 bits per heavy atom. The van der Waals surface area contributed by atoms with E-state index in [1.807, 2.05) is 0 Å². The van der Waals surface area contributed by atoms with Gasteiger partial charge < -0.3 is 10.4 Å². The van der Waals surface area contributed by atoms with Crippen LogP contribution in [-0.4, -0.2) is 28.8 Å². The summed E-state index contributed by atoms with van der Waals surface area (Å²) in [6.07, 6.45) is -2.72. The molecule has 0 bridgehead atoms. The molecule has 144 valence electrons. The van der Waals surface area contributed by atoms with Gasteiger partial charge >= 0.3 is 12.1 Å². The monoisotopic (exact) mass is 382 g/mol. The van der Waals surface area contributed by atoms with E-state index in [9.17, 15) is 27.5 Å². The standard InChI is InChI=1S/C19H18F4N2O2/c1-2-18(17(26)27)15(16(18)12-5-3-4-6-13(12)20)11-7-8-14(24-9-11)25-10-19(21,22)23/h3-9,15-16H,2,10H2,1H3,(H,24,25)(H,26,27). The number of carboxylic acid groups (broad SMARTS) is 1. The Labute approximate surface area is 153 Å². The molecule has 1 aliphatic rings. The lowest BCUT2D eigenvalue weighted by Gasteiger charge is -2.11. The molecular formula is C19H18F4N2O2. The van der Waals surface area contributed by atoms with Crippen LogP contribution in [0, 0.1) is 11.2 Å². The van der Waals surface area contributed by atoms with Crippen molar-refractivity contribution in [2.45, 2.75) is 31.4 Å². The second-order valence-corrected chi connectivity index (χ2v) is 6.62. The van der Waals surface area contributed by atoms with Crippen LogP contribution in [0.5, 0.6) is 0 Å². The summed E-state index contributed by atoms with van der Waals surface area (Å²) in [6.45, 7) is 0.517. The van der Waals surface area contributed by atoms with Crippen molar-refractivity contribution in [1.29, 1.82) is 0 Å². The highest BCUT2D eigenvalue weighted by molar-refractivity contribution is 5.84. The van der Waals surface area contributed by atoms with Gasteiger partial charge in [0.2, 0.25) is 0 Å². The molecule has 27 heavy (non-hydrogen) atoms. The van der Waals surface area contributed by atoms with E-state index >= 15 is 0 Å². The number of pyridine rings is 1. The van der Waals surface area contributed by atoms with Gasteiger partial charge in [-0.2, -0.15) is 13.2 Å². The van der Waals surface area contributed by atoms with Gasteiger partial charge in [-0.05, 0) is 29.7 Å². The Balaban J connectivity index is 1.90. The van der Waals surface area contributed by atoms with Crippen molar-refractivity contribution in [2.75, 3.05) is 11.9 Å². The molecule has 0 spiro atoms. The van der Waals surface area contributed by atoms with E-state index < -0.39 is 41.8 Å². The molecule has 2 N–H and O–H groups in total. The first-order valence-corrected chi connectivity index (χ1v) is 8.45. The van der Waals surface area contributed by atoms with Crippen LogP contribution in [0.1, 0.15) is 36.3 Å². The van der Waals surface area contributed by atoms with Crippen LogP contribution in [0.25, 0.3) is 0 Å². The zero-order valence-electron chi connectivity index (χ0n) is 14.4. The molecule has 8 heteroatoms. The molecular weight excluding hydrogens is 364 g/mol. The summed E-state index contributed by atoms with van der Waals surface area (Å²) in [4.78, 5) is 15.9. The van der Waals surface area contributed by atoms with Crippen molar-refractivity contribution in [3.8, 4) is 0 Å². The molecule has 1 aliphatic carbocycles. The van der Waals surface area contributed by atoms with Crippen LogP contribution < -0.4 is 5.32 Å². The van der Waals surface area contributed by atoms with Gasteiger partial charge in [0, 0.05) is 18.0 Å². The number of carboxylic acids is 1. The lowest BCUT2D eigenvalue weighted by atomic mass is 9.95. The highest BCUT2D eigenvalue weighted by Gasteiger charge is 2.70. The maximum atomic E-state index is 14.3. The van der Waals surface area contributed by atoms with E-state index in [0.29, 0.717) is 17.5 Å². The normalized spacial score (nSPS) is 24.5. The van der Waals surface area contributed by atoms with Crippen molar-refractivity contribution in [2.24, 2.45) is 5.41 Å². The fourth-order valence-electron chi connectivity index (χ4n) is 3.86. The van der Waals surface area contributed by atoms with Gasteiger partial charge in [0.05, 0.1) is 5.41 Å². The summed E-state index contributed by atoms with van der Waals surface area (Å²) in [6, 6.07) is 8.96. The van der Waals surface area contributed by atoms with Crippen molar-refractivity contribution in [3.63, 3.8) is 0 Å². The van der Waals surface area contributed by atoms with Crippen molar-refractivity contribution < 1.29 is 27.5 Å². The number of rotatable bonds is 6. The third-order valence-corrected chi connectivity index (χ3v) is 5.17. The van der Waals surface area contributed by atoms with Crippen LogP contribution in [0.15, 0.2) is 42.6 Å². The molecule has 0 saturated heterocycles. The maximum Gasteiger partial charge on any atom is 0.405 e. The van der Waals surface area contributed by atoms with Gasteiger partial charge in [0.15, 0.2) is 0 Å². The van der Waals surface area contributed by atoms with E-state index in [-0.39, 0.29) is 5.82 Å². The largest absolute Gasteiger partial charge is 0.481 e. The average molecular weight is 382 g/mol. The Hall–Kier alpha value is -2.64. The van der Waals surface area contributed by atoms with Gasteiger partial charge in [-0.15, -0.1) is 0 Å². The van der Waals surface area contributed by atoms with Crippen LogP contribution in [-0.2, 0) is 4.79 Å². The summed E-state index contributed by atoms with van der Waals surface area (Å²) in [7, 11) is 0. The molecule has 0 radical (unpaired) electrons. The van der Waals surface area contributed by atoms with E-state index in [4.69, 9.17) is 0 Å². The van der Waals surface area contributed by atoms with E-state index in [1.54, 1.807) is 25.1 Å². The molecule has 1 heterocycles. The molecule has 1 aromatic heterocycles. The number of carbonyl (C=O) groups is 1. The number of halogens is 4. The molecule has 3 unspecified atom stereocenters. The summed E-state index contributed by atoms with van der Waals surface area (Å²) in [5.74, 6) is -2.52. The minimum atomic E-state index is -4.37. The number of benzene rings is 1. The Bertz CT molecular complexity index is 838. The summed E-state index contributed by atoms with van der Waals surface area (Å²) in [5.41, 5.74) is -0.277. The van der Waals surface area contributed by atoms with Gasteiger partial charge in [-0.25, -0.2) is 9.37 Å². The van der Waals surface area contributed by atoms with Gasteiger partial charge in [-0.1, -0.05) is 31.2 Å². The molecule has 0 aliphatic heterocycles. The fourth-order valence-corrected chi connectivity index (χ4v) is 3.86. The Morgan fingerprint density at radius 3 is 2.44 bits per heavy atom. The number of anilines is 1. The van der Waals surface area contributed by atoms with E-state index in [2.05, 4.69) is 10.3 Å². The van der Waals surface area contributed by atoms with Gasteiger partial charge in [-0.3, -0.25) is 4.79 Å². The molecule has 1 fully saturated rings. The number of hydrogen-bond donors (Lipinski definition) is 2. The number of nitrogens with one attached hydrogen (secondary N) is 1. The van der Waals surface area contributed by atoms with Crippen LogP contribution >= 0.6 is 0 Å². The molecule has 0 amide bonds. The highest BCUT2D eigenvalue weighted by atomic mass is 19.4. The van der Waals surface area contributed by atoms with E-state index in [1.165, 1.54) is 24.4 Å². The molecule has 3 rings (SSSR count). The zero-order valence-corrected chi connectivity index (χ0v) is 14.4. The number of nitrogens with zero attached hydrogens (tertiary/aromatic N) is 1. The minimum absolute atomic E-state index is 0.0385. The number of alkyl halides is 3.